The largest absolute Gasteiger partial charge is 0.391 e. The molecule has 8 nitrogen and oxygen atoms in total. The zero-order valence-corrected chi connectivity index (χ0v) is 21.0. The van der Waals surface area contributed by atoms with Crippen molar-refractivity contribution in [2.24, 2.45) is 0 Å². The van der Waals surface area contributed by atoms with E-state index in [0.29, 0.717) is 29.2 Å². The van der Waals surface area contributed by atoms with Crippen LogP contribution >= 0.6 is 0 Å². The summed E-state index contributed by atoms with van der Waals surface area (Å²) in [5.74, 6) is 0.403. The maximum Gasteiger partial charge on any atom is 0.255 e. The van der Waals surface area contributed by atoms with Gasteiger partial charge in [0.05, 0.1) is 17.1 Å². The number of carbonyl (C=O) groups excluding carboxylic acids is 2. The quantitative estimate of drug-likeness (QED) is 0.299. The van der Waals surface area contributed by atoms with Crippen molar-refractivity contribution in [1.29, 1.82) is 0 Å². The molecular weight excluding hydrogens is 466 g/mol. The highest BCUT2D eigenvalue weighted by molar-refractivity contribution is 6.05. The molecule has 3 aromatic carbocycles. The molecule has 0 aliphatic carbocycles. The van der Waals surface area contributed by atoms with Crippen LogP contribution in [0.1, 0.15) is 47.4 Å². The van der Waals surface area contributed by atoms with Gasteiger partial charge in [-0.2, -0.15) is 0 Å². The predicted octanol–water partition coefficient (Wildman–Crippen LogP) is 4.58. The number of aliphatic hydroxyl groups is 1. The van der Waals surface area contributed by atoms with E-state index in [1.807, 2.05) is 56.3 Å². The van der Waals surface area contributed by atoms with Crippen molar-refractivity contribution in [3.63, 3.8) is 0 Å². The smallest absolute Gasteiger partial charge is 0.255 e. The van der Waals surface area contributed by atoms with Gasteiger partial charge in [-0.15, -0.1) is 0 Å². The van der Waals surface area contributed by atoms with E-state index in [1.54, 1.807) is 24.3 Å². The molecule has 190 valence electrons. The van der Waals surface area contributed by atoms with E-state index >= 15 is 0 Å². The highest BCUT2D eigenvalue weighted by atomic mass is 16.3. The summed E-state index contributed by atoms with van der Waals surface area (Å²) in [4.78, 5) is 35.3. The molecule has 0 spiro atoms. The minimum Gasteiger partial charge on any atom is -0.391 e. The first-order chi connectivity index (χ1) is 17.9. The summed E-state index contributed by atoms with van der Waals surface area (Å²) in [5, 5.41) is 15.7. The van der Waals surface area contributed by atoms with Crippen LogP contribution in [0.2, 0.25) is 0 Å². The molecule has 1 fully saturated rings. The number of hydrogen-bond donors (Lipinski definition) is 4. The van der Waals surface area contributed by atoms with E-state index in [2.05, 4.69) is 25.5 Å². The molecule has 1 saturated heterocycles. The maximum absolute atomic E-state index is 12.8. The lowest BCUT2D eigenvalue weighted by atomic mass is 10.1. The first-order valence-electron chi connectivity index (χ1n) is 12.6. The van der Waals surface area contributed by atoms with Crippen molar-refractivity contribution in [3.05, 3.63) is 77.9 Å². The van der Waals surface area contributed by atoms with Crippen molar-refractivity contribution in [2.45, 2.75) is 38.8 Å². The summed E-state index contributed by atoms with van der Waals surface area (Å²) in [5.41, 5.74) is 5.27. The fraction of sp³-hybridized carbons (Fsp3) is 0.276. The normalized spacial score (nSPS) is 16.1. The van der Waals surface area contributed by atoms with E-state index < -0.39 is 0 Å². The summed E-state index contributed by atoms with van der Waals surface area (Å²) in [6.45, 7) is 5.45. The number of aromatic nitrogens is 2. The number of carbonyl (C=O) groups is 2. The fourth-order valence-corrected chi connectivity index (χ4v) is 4.41. The Morgan fingerprint density at radius 2 is 1.76 bits per heavy atom. The molecule has 2 atom stereocenters. The predicted molar refractivity (Wildman–Crippen MR) is 146 cm³/mol. The van der Waals surface area contributed by atoms with Gasteiger partial charge in [-0.05, 0) is 74.4 Å². The highest BCUT2D eigenvalue weighted by Crippen LogP contribution is 2.25. The Morgan fingerprint density at radius 1 is 1.05 bits per heavy atom. The molecule has 1 aliphatic rings. The number of amides is 2. The van der Waals surface area contributed by atoms with Crippen LogP contribution < -0.4 is 15.5 Å². The Labute approximate surface area is 215 Å². The summed E-state index contributed by atoms with van der Waals surface area (Å²) in [6.07, 6.45) is 1.35. The second kappa shape index (κ2) is 10.4. The number of nitrogens with zero attached hydrogens (tertiary/aromatic N) is 2. The van der Waals surface area contributed by atoms with Crippen LogP contribution in [-0.4, -0.2) is 52.1 Å². The van der Waals surface area contributed by atoms with Crippen molar-refractivity contribution < 1.29 is 14.7 Å². The van der Waals surface area contributed by atoms with Crippen molar-refractivity contribution in [2.75, 3.05) is 23.3 Å². The summed E-state index contributed by atoms with van der Waals surface area (Å²) in [7, 11) is 0. The van der Waals surface area contributed by atoms with E-state index in [1.165, 1.54) is 0 Å². The van der Waals surface area contributed by atoms with Crippen LogP contribution in [0.25, 0.3) is 22.4 Å². The number of H-pyrrole nitrogens is 1. The standard InChI is InChI=1S/C29H31N5O3/c1-3-18(2)30-28(36)20-6-4-19(5-7-20)27-32-25-13-10-22(16-26(25)33-27)31-29(37)21-8-11-23(12-9-21)34-15-14-24(35)17-34/h4-13,16,18,24,35H,3,14-15,17H2,1-2H3,(H,30,36)(H,31,37)(H,32,33). The molecule has 1 aromatic heterocycles. The molecule has 2 heterocycles. The number of anilines is 2. The van der Waals surface area contributed by atoms with Crippen LogP contribution in [0.3, 0.4) is 0 Å². The van der Waals surface area contributed by atoms with Gasteiger partial charge in [-0.25, -0.2) is 4.98 Å². The van der Waals surface area contributed by atoms with E-state index in [9.17, 15) is 14.7 Å². The summed E-state index contributed by atoms with van der Waals surface area (Å²) < 4.78 is 0. The van der Waals surface area contributed by atoms with Crippen molar-refractivity contribution in [3.8, 4) is 11.4 Å². The fourth-order valence-electron chi connectivity index (χ4n) is 4.41. The third-order valence-corrected chi connectivity index (χ3v) is 6.81. The Kier molecular flexibility index (Phi) is 6.92. The molecule has 4 aromatic rings. The molecule has 1 aliphatic heterocycles. The zero-order chi connectivity index (χ0) is 25.9. The van der Waals surface area contributed by atoms with Gasteiger partial charge >= 0.3 is 0 Å². The van der Waals surface area contributed by atoms with Gasteiger partial charge in [0.1, 0.15) is 5.82 Å². The average molecular weight is 498 g/mol. The number of rotatable bonds is 7. The van der Waals surface area contributed by atoms with Gasteiger partial charge in [0.2, 0.25) is 0 Å². The Bertz CT molecular complexity index is 1410. The number of hydrogen-bond acceptors (Lipinski definition) is 5. The Balaban J connectivity index is 1.26. The molecule has 8 heteroatoms. The first-order valence-corrected chi connectivity index (χ1v) is 12.6. The molecule has 0 bridgehead atoms. The van der Waals surface area contributed by atoms with Crippen LogP contribution in [0, 0.1) is 0 Å². The number of β-amino-alcohol motifs (C(OH)–C–C–N with tert-alkyl or cyclic N) is 1. The molecule has 2 unspecified atom stereocenters. The van der Waals surface area contributed by atoms with Gasteiger partial charge in [0, 0.05) is 47.2 Å². The number of aliphatic hydroxyl groups excluding tert-OH is 1. The molecule has 2 amide bonds. The summed E-state index contributed by atoms with van der Waals surface area (Å²) in [6, 6.07) is 20.4. The minimum atomic E-state index is -0.291. The van der Waals surface area contributed by atoms with E-state index in [0.717, 1.165) is 41.7 Å². The maximum atomic E-state index is 12.8. The first kappa shape index (κ1) is 24.5. The number of imidazole rings is 1. The van der Waals surface area contributed by atoms with E-state index in [-0.39, 0.29) is 24.0 Å². The van der Waals surface area contributed by atoms with E-state index in [4.69, 9.17) is 0 Å². The van der Waals surface area contributed by atoms with Gasteiger partial charge < -0.3 is 25.6 Å². The SMILES string of the molecule is CCC(C)NC(=O)c1ccc(-c2nc3cc(NC(=O)c4ccc(N5CCC(O)C5)cc4)ccc3[nH]2)cc1. The number of aromatic amines is 1. The van der Waals surface area contributed by atoms with Gasteiger partial charge in [0.25, 0.3) is 11.8 Å². The van der Waals surface area contributed by atoms with Crippen molar-refractivity contribution in [1.82, 2.24) is 15.3 Å². The lowest BCUT2D eigenvalue weighted by Crippen LogP contribution is -2.31. The molecule has 5 rings (SSSR count). The molecule has 4 N–H and O–H groups in total. The summed E-state index contributed by atoms with van der Waals surface area (Å²) >= 11 is 0. The lowest BCUT2D eigenvalue weighted by Gasteiger charge is -2.18. The van der Waals surface area contributed by atoms with Crippen LogP contribution in [-0.2, 0) is 0 Å². The second-order valence-electron chi connectivity index (χ2n) is 9.57. The number of fused-ring (bicyclic) bond motifs is 1. The topological polar surface area (TPSA) is 110 Å². The Morgan fingerprint density at radius 3 is 2.43 bits per heavy atom. The van der Waals surface area contributed by atoms with Gasteiger partial charge in [-0.1, -0.05) is 19.1 Å². The molecular formula is C29H31N5O3. The second-order valence-corrected chi connectivity index (χ2v) is 9.57. The van der Waals surface area contributed by atoms with Crippen LogP contribution in [0.15, 0.2) is 66.7 Å². The monoisotopic (exact) mass is 497 g/mol. The zero-order valence-electron chi connectivity index (χ0n) is 21.0. The van der Waals surface area contributed by atoms with Gasteiger partial charge in [-0.3, -0.25) is 9.59 Å². The number of nitrogens with one attached hydrogen (secondary N) is 3. The average Bonchev–Trinajstić information content (AvgIpc) is 3.54. The minimum absolute atomic E-state index is 0.0876. The van der Waals surface area contributed by atoms with Gasteiger partial charge in [0.15, 0.2) is 0 Å². The highest BCUT2D eigenvalue weighted by Gasteiger charge is 2.20. The van der Waals surface area contributed by atoms with Crippen LogP contribution in [0.5, 0.6) is 0 Å². The number of benzene rings is 3. The molecule has 37 heavy (non-hydrogen) atoms. The molecule has 0 saturated carbocycles. The third kappa shape index (κ3) is 5.49. The molecule has 0 radical (unpaired) electrons. The lowest BCUT2D eigenvalue weighted by molar-refractivity contribution is 0.0938. The van der Waals surface area contributed by atoms with Crippen molar-refractivity contribution >= 4 is 34.2 Å². The third-order valence-electron chi connectivity index (χ3n) is 6.81. The van der Waals surface area contributed by atoms with Crippen LogP contribution in [0.4, 0.5) is 11.4 Å². The Hall–Kier alpha value is -4.17.